The second kappa shape index (κ2) is 6.55. The van der Waals surface area contributed by atoms with Gasteiger partial charge in [-0.05, 0) is 37.3 Å². The minimum absolute atomic E-state index is 0.124. The van der Waals surface area contributed by atoms with Crippen LogP contribution < -0.4 is 10.6 Å². The highest BCUT2D eigenvalue weighted by Gasteiger charge is 2.25. The summed E-state index contributed by atoms with van der Waals surface area (Å²) in [4.78, 5) is 23.9. The molecule has 2 atom stereocenters. The Kier molecular flexibility index (Phi) is 4.77. The highest BCUT2D eigenvalue weighted by Crippen LogP contribution is 2.23. The minimum Gasteiger partial charge on any atom is -0.345 e. The summed E-state index contributed by atoms with van der Waals surface area (Å²) in [5.41, 5.74) is 1.63. The molecule has 1 aromatic carbocycles. The molecule has 1 aromatic rings. The van der Waals surface area contributed by atoms with Crippen LogP contribution in [0.15, 0.2) is 24.3 Å². The average Bonchev–Trinajstić information content (AvgIpc) is 2.43. The lowest BCUT2D eigenvalue weighted by Gasteiger charge is -2.29. The van der Waals surface area contributed by atoms with E-state index in [1.165, 1.54) is 6.42 Å². The summed E-state index contributed by atoms with van der Waals surface area (Å²) < 4.78 is 0. The molecular formula is C16H22N2O2. The van der Waals surface area contributed by atoms with Crippen molar-refractivity contribution < 1.29 is 9.59 Å². The molecule has 2 amide bonds. The van der Waals surface area contributed by atoms with Gasteiger partial charge in [-0.1, -0.05) is 38.0 Å². The van der Waals surface area contributed by atoms with E-state index in [1.807, 2.05) is 25.1 Å². The first kappa shape index (κ1) is 14.6. The van der Waals surface area contributed by atoms with Crippen LogP contribution in [0, 0.1) is 12.8 Å². The van der Waals surface area contributed by atoms with Gasteiger partial charge in [-0.2, -0.15) is 0 Å². The third-order valence-electron chi connectivity index (χ3n) is 4.03. The van der Waals surface area contributed by atoms with Crippen molar-refractivity contribution in [1.29, 1.82) is 0 Å². The van der Waals surface area contributed by atoms with Crippen molar-refractivity contribution in [1.82, 2.24) is 5.32 Å². The fourth-order valence-electron chi connectivity index (χ4n) is 2.66. The van der Waals surface area contributed by atoms with Crippen LogP contribution in [-0.2, 0) is 9.59 Å². The number of carbonyl (C=O) groups is 2. The molecule has 0 bridgehead atoms. The van der Waals surface area contributed by atoms with Crippen molar-refractivity contribution >= 4 is 17.5 Å². The van der Waals surface area contributed by atoms with E-state index in [-0.39, 0.29) is 6.04 Å². The summed E-state index contributed by atoms with van der Waals surface area (Å²) in [6, 6.07) is 7.55. The van der Waals surface area contributed by atoms with Crippen molar-refractivity contribution in [2.75, 3.05) is 5.32 Å². The van der Waals surface area contributed by atoms with Gasteiger partial charge in [-0.3, -0.25) is 9.59 Å². The van der Waals surface area contributed by atoms with E-state index in [4.69, 9.17) is 0 Å². The molecule has 0 aromatic heterocycles. The number of rotatable bonds is 2. The zero-order valence-electron chi connectivity index (χ0n) is 12.1. The van der Waals surface area contributed by atoms with E-state index in [1.54, 1.807) is 6.07 Å². The van der Waals surface area contributed by atoms with Crippen LogP contribution in [-0.4, -0.2) is 17.9 Å². The molecule has 0 radical (unpaired) electrons. The lowest BCUT2D eigenvalue weighted by molar-refractivity contribution is -0.137. The molecule has 20 heavy (non-hydrogen) atoms. The monoisotopic (exact) mass is 274 g/mol. The molecule has 4 nitrogen and oxygen atoms in total. The van der Waals surface area contributed by atoms with Crippen LogP contribution in [0.25, 0.3) is 0 Å². The third kappa shape index (κ3) is 3.59. The molecule has 0 aliphatic heterocycles. The van der Waals surface area contributed by atoms with Gasteiger partial charge in [0.25, 0.3) is 0 Å². The first-order valence-electron chi connectivity index (χ1n) is 7.25. The Morgan fingerprint density at radius 3 is 2.50 bits per heavy atom. The highest BCUT2D eigenvalue weighted by atomic mass is 16.2. The van der Waals surface area contributed by atoms with Gasteiger partial charge in [-0.25, -0.2) is 0 Å². The Balaban J connectivity index is 1.92. The molecule has 108 valence electrons. The van der Waals surface area contributed by atoms with Gasteiger partial charge >= 0.3 is 11.8 Å². The topological polar surface area (TPSA) is 58.2 Å². The first-order valence-corrected chi connectivity index (χ1v) is 7.25. The quantitative estimate of drug-likeness (QED) is 0.814. The zero-order chi connectivity index (χ0) is 14.5. The van der Waals surface area contributed by atoms with Gasteiger partial charge in [-0.15, -0.1) is 0 Å². The predicted octanol–water partition coefficient (Wildman–Crippen LogP) is 2.63. The first-order chi connectivity index (χ1) is 9.58. The number of benzene rings is 1. The summed E-state index contributed by atoms with van der Waals surface area (Å²) >= 11 is 0. The Hall–Kier alpha value is -1.84. The number of nitrogens with one attached hydrogen (secondary N) is 2. The zero-order valence-corrected chi connectivity index (χ0v) is 12.1. The van der Waals surface area contributed by atoms with Gasteiger partial charge < -0.3 is 10.6 Å². The Morgan fingerprint density at radius 1 is 1.10 bits per heavy atom. The SMILES string of the molecule is Cc1ccccc1NC(=O)C(=O)N[C@H]1CCCC[C@@H]1C. The van der Waals surface area contributed by atoms with Crippen LogP contribution in [0.2, 0.25) is 0 Å². The van der Waals surface area contributed by atoms with Crippen LogP contribution in [0.5, 0.6) is 0 Å². The number of hydrogen-bond donors (Lipinski definition) is 2. The van der Waals surface area contributed by atoms with Gasteiger partial charge in [0.1, 0.15) is 0 Å². The van der Waals surface area contributed by atoms with E-state index in [0.29, 0.717) is 11.6 Å². The molecule has 1 aliphatic carbocycles. The van der Waals surface area contributed by atoms with Gasteiger partial charge in [0.05, 0.1) is 0 Å². The van der Waals surface area contributed by atoms with Gasteiger partial charge in [0.2, 0.25) is 0 Å². The van der Waals surface area contributed by atoms with Crippen LogP contribution >= 0.6 is 0 Å². The molecule has 0 spiro atoms. The molecule has 0 heterocycles. The predicted molar refractivity (Wildman–Crippen MR) is 79.4 cm³/mol. The lowest BCUT2D eigenvalue weighted by atomic mass is 9.86. The molecule has 1 fully saturated rings. The number of anilines is 1. The molecule has 1 aliphatic rings. The lowest BCUT2D eigenvalue weighted by Crippen LogP contribution is -2.45. The summed E-state index contributed by atoms with van der Waals surface area (Å²) in [5, 5.41) is 5.52. The molecule has 0 saturated heterocycles. The van der Waals surface area contributed by atoms with E-state index < -0.39 is 11.8 Å². The van der Waals surface area contributed by atoms with E-state index in [9.17, 15) is 9.59 Å². The maximum absolute atomic E-state index is 11.9. The van der Waals surface area contributed by atoms with Crippen LogP contribution in [0.4, 0.5) is 5.69 Å². The minimum atomic E-state index is -0.586. The summed E-state index contributed by atoms with van der Waals surface area (Å²) in [5.74, 6) is -0.678. The van der Waals surface area contributed by atoms with E-state index in [2.05, 4.69) is 17.6 Å². The Bertz CT molecular complexity index is 499. The fourth-order valence-corrected chi connectivity index (χ4v) is 2.66. The van der Waals surface area contributed by atoms with Crippen molar-refractivity contribution in [2.24, 2.45) is 5.92 Å². The van der Waals surface area contributed by atoms with Gasteiger partial charge in [0.15, 0.2) is 0 Å². The fraction of sp³-hybridized carbons (Fsp3) is 0.500. The Labute approximate surface area is 119 Å². The smallest absolute Gasteiger partial charge is 0.313 e. The number of aryl methyl sites for hydroxylation is 1. The van der Waals surface area contributed by atoms with Crippen molar-refractivity contribution in [2.45, 2.75) is 45.6 Å². The molecular weight excluding hydrogens is 252 g/mol. The van der Waals surface area contributed by atoms with Crippen molar-refractivity contribution in [3.05, 3.63) is 29.8 Å². The van der Waals surface area contributed by atoms with Crippen molar-refractivity contribution in [3.8, 4) is 0 Å². The largest absolute Gasteiger partial charge is 0.345 e. The summed E-state index contributed by atoms with van der Waals surface area (Å²) in [6.07, 6.45) is 4.41. The molecule has 4 heteroatoms. The number of amides is 2. The second-order valence-corrected chi connectivity index (χ2v) is 5.61. The Morgan fingerprint density at radius 2 is 1.80 bits per heavy atom. The number of para-hydroxylation sites is 1. The summed E-state index contributed by atoms with van der Waals surface area (Å²) in [6.45, 7) is 4.03. The van der Waals surface area contributed by atoms with Gasteiger partial charge in [0, 0.05) is 11.7 Å². The molecule has 2 rings (SSSR count). The maximum atomic E-state index is 11.9. The number of carbonyl (C=O) groups excluding carboxylic acids is 2. The average molecular weight is 274 g/mol. The van der Waals surface area contributed by atoms with E-state index in [0.717, 1.165) is 24.8 Å². The van der Waals surface area contributed by atoms with Crippen LogP contribution in [0.1, 0.15) is 38.2 Å². The van der Waals surface area contributed by atoms with Crippen molar-refractivity contribution in [3.63, 3.8) is 0 Å². The molecule has 0 unspecified atom stereocenters. The highest BCUT2D eigenvalue weighted by molar-refractivity contribution is 6.39. The number of hydrogen-bond acceptors (Lipinski definition) is 2. The molecule has 2 N–H and O–H groups in total. The third-order valence-corrected chi connectivity index (χ3v) is 4.03. The van der Waals surface area contributed by atoms with Crippen LogP contribution in [0.3, 0.4) is 0 Å². The standard InChI is InChI=1S/C16H22N2O2/c1-11-7-3-5-9-13(11)17-15(19)16(20)18-14-10-6-4-8-12(14)2/h3,5,7,9,12,14H,4,6,8,10H2,1-2H3,(H,17,19)(H,18,20)/t12-,14-/m0/s1. The molecule has 1 saturated carbocycles. The second-order valence-electron chi connectivity index (χ2n) is 5.61. The van der Waals surface area contributed by atoms with E-state index >= 15 is 0 Å². The maximum Gasteiger partial charge on any atom is 0.313 e. The summed E-state index contributed by atoms with van der Waals surface area (Å²) in [7, 11) is 0. The normalized spacial score (nSPS) is 22.1.